The molecule has 6 nitrogen and oxygen atoms in total. The van der Waals surface area contributed by atoms with Crippen LogP contribution in [-0.4, -0.2) is 21.1 Å². The minimum Gasteiger partial charge on any atom is -0.421 e. The van der Waals surface area contributed by atoms with Crippen LogP contribution in [0.4, 0.5) is 10.1 Å². The first-order chi connectivity index (χ1) is 11.6. The predicted octanol–water partition coefficient (Wildman–Crippen LogP) is 3.50. The topological polar surface area (TPSA) is 80.9 Å². The number of anilines is 1. The van der Waals surface area contributed by atoms with Crippen LogP contribution in [0.2, 0.25) is 5.02 Å². The van der Waals surface area contributed by atoms with Crippen molar-refractivity contribution >= 4 is 23.2 Å². The van der Waals surface area contributed by atoms with Gasteiger partial charge in [-0.3, -0.25) is 9.78 Å². The molecule has 0 radical (unpaired) electrons. The van der Waals surface area contributed by atoms with Gasteiger partial charge in [0.25, 0.3) is 0 Å². The summed E-state index contributed by atoms with van der Waals surface area (Å²) in [6.07, 6.45) is 3.69. The summed E-state index contributed by atoms with van der Waals surface area (Å²) in [7, 11) is 0. The molecule has 0 aliphatic rings. The highest BCUT2D eigenvalue weighted by Gasteiger charge is 2.11. The molecule has 24 heavy (non-hydrogen) atoms. The van der Waals surface area contributed by atoms with E-state index < -0.39 is 5.82 Å². The van der Waals surface area contributed by atoms with E-state index in [0.717, 1.165) is 0 Å². The van der Waals surface area contributed by atoms with Crippen molar-refractivity contribution in [2.75, 3.05) is 5.32 Å². The third-order valence-electron chi connectivity index (χ3n) is 3.14. The summed E-state index contributed by atoms with van der Waals surface area (Å²) in [6.45, 7) is 0. The van der Waals surface area contributed by atoms with E-state index in [1.54, 1.807) is 24.5 Å². The minimum atomic E-state index is -0.538. The monoisotopic (exact) mass is 346 g/mol. The molecule has 0 atom stereocenters. The van der Waals surface area contributed by atoms with Crippen molar-refractivity contribution < 1.29 is 13.6 Å². The van der Waals surface area contributed by atoms with E-state index >= 15 is 0 Å². The molecule has 3 rings (SSSR count). The van der Waals surface area contributed by atoms with Gasteiger partial charge in [-0.1, -0.05) is 11.6 Å². The van der Waals surface area contributed by atoms with Crippen molar-refractivity contribution in [1.29, 1.82) is 0 Å². The molecule has 1 N–H and O–H groups in total. The Morgan fingerprint density at radius 2 is 2.17 bits per heavy atom. The van der Waals surface area contributed by atoms with Gasteiger partial charge in [0.05, 0.1) is 10.6 Å². The minimum absolute atomic E-state index is 0.0502. The van der Waals surface area contributed by atoms with Gasteiger partial charge in [0.2, 0.25) is 17.7 Å². The molecule has 0 fully saturated rings. The van der Waals surface area contributed by atoms with Crippen LogP contribution in [0.3, 0.4) is 0 Å². The number of aryl methyl sites for hydroxylation is 1. The van der Waals surface area contributed by atoms with Crippen LogP contribution in [0.25, 0.3) is 11.5 Å². The molecule has 0 saturated carbocycles. The predicted molar refractivity (Wildman–Crippen MR) is 85.9 cm³/mol. The molecule has 0 spiro atoms. The number of pyridine rings is 1. The van der Waals surface area contributed by atoms with E-state index in [1.165, 1.54) is 18.2 Å². The Labute approximate surface area is 141 Å². The number of aromatic nitrogens is 3. The number of nitrogens with zero attached hydrogens (tertiary/aromatic N) is 3. The van der Waals surface area contributed by atoms with Gasteiger partial charge in [-0.2, -0.15) is 0 Å². The van der Waals surface area contributed by atoms with Gasteiger partial charge in [0.1, 0.15) is 5.82 Å². The maximum Gasteiger partial charge on any atom is 0.249 e. The number of nitrogens with one attached hydrogen (secondary N) is 1. The molecule has 3 aromatic rings. The maximum atomic E-state index is 13.1. The highest BCUT2D eigenvalue weighted by molar-refractivity contribution is 6.31. The molecule has 1 aromatic carbocycles. The number of hydrogen-bond donors (Lipinski definition) is 1. The molecule has 0 unspecified atom stereocenters. The van der Waals surface area contributed by atoms with Gasteiger partial charge in [0, 0.05) is 30.9 Å². The average molecular weight is 347 g/mol. The number of amides is 1. The van der Waals surface area contributed by atoms with Crippen LogP contribution < -0.4 is 5.32 Å². The summed E-state index contributed by atoms with van der Waals surface area (Å²) in [5, 5.41) is 10.4. The second-order valence-electron chi connectivity index (χ2n) is 4.92. The highest BCUT2D eigenvalue weighted by Crippen LogP contribution is 2.20. The Balaban J connectivity index is 1.56. The molecule has 0 bridgehead atoms. The average Bonchev–Trinajstić information content (AvgIpc) is 3.06. The molecule has 122 valence electrons. The van der Waals surface area contributed by atoms with E-state index in [0.29, 0.717) is 23.0 Å². The third-order valence-corrected chi connectivity index (χ3v) is 3.43. The lowest BCUT2D eigenvalue weighted by Gasteiger charge is -2.05. The molecule has 0 aliphatic heterocycles. The van der Waals surface area contributed by atoms with E-state index in [-0.39, 0.29) is 23.8 Å². The summed E-state index contributed by atoms with van der Waals surface area (Å²) in [5.41, 5.74) is 1.13. The van der Waals surface area contributed by atoms with E-state index in [2.05, 4.69) is 20.5 Å². The first-order valence-electron chi connectivity index (χ1n) is 7.09. The molecular weight excluding hydrogens is 335 g/mol. The number of carbonyl (C=O) groups is 1. The van der Waals surface area contributed by atoms with Gasteiger partial charge in [-0.15, -0.1) is 10.2 Å². The van der Waals surface area contributed by atoms with E-state index in [9.17, 15) is 9.18 Å². The number of rotatable bonds is 5. The number of carbonyl (C=O) groups excluding carboxylic acids is 1. The van der Waals surface area contributed by atoms with Gasteiger partial charge < -0.3 is 9.73 Å². The van der Waals surface area contributed by atoms with Crippen LogP contribution in [0.5, 0.6) is 0 Å². The van der Waals surface area contributed by atoms with Crippen molar-refractivity contribution in [1.82, 2.24) is 15.2 Å². The fourth-order valence-electron chi connectivity index (χ4n) is 1.98. The summed E-state index contributed by atoms with van der Waals surface area (Å²) in [5.74, 6) is -0.104. The van der Waals surface area contributed by atoms with Crippen LogP contribution in [0, 0.1) is 5.82 Å². The Hall–Kier alpha value is -2.80. The molecule has 0 saturated heterocycles. The highest BCUT2D eigenvalue weighted by atomic mass is 35.5. The largest absolute Gasteiger partial charge is 0.421 e. The zero-order chi connectivity index (χ0) is 16.9. The lowest BCUT2D eigenvalue weighted by Crippen LogP contribution is -2.12. The molecule has 2 heterocycles. The van der Waals surface area contributed by atoms with E-state index in [4.69, 9.17) is 16.0 Å². The van der Waals surface area contributed by atoms with Crippen molar-refractivity contribution in [3.05, 3.63) is 59.5 Å². The zero-order valence-electron chi connectivity index (χ0n) is 12.4. The Morgan fingerprint density at radius 1 is 1.29 bits per heavy atom. The molecule has 1 amide bonds. The van der Waals surface area contributed by atoms with Crippen LogP contribution in [-0.2, 0) is 11.2 Å². The quantitative estimate of drug-likeness (QED) is 0.764. The van der Waals surface area contributed by atoms with Gasteiger partial charge in [-0.05, 0) is 30.3 Å². The van der Waals surface area contributed by atoms with Crippen molar-refractivity contribution in [2.45, 2.75) is 12.8 Å². The fourth-order valence-corrected chi connectivity index (χ4v) is 2.16. The van der Waals surface area contributed by atoms with Gasteiger partial charge >= 0.3 is 0 Å². The van der Waals surface area contributed by atoms with Crippen LogP contribution in [0.15, 0.2) is 47.1 Å². The van der Waals surface area contributed by atoms with Crippen LogP contribution in [0.1, 0.15) is 12.3 Å². The van der Waals surface area contributed by atoms with Crippen molar-refractivity contribution in [3.8, 4) is 11.5 Å². The van der Waals surface area contributed by atoms with Crippen LogP contribution >= 0.6 is 11.6 Å². The number of halogens is 2. The summed E-state index contributed by atoms with van der Waals surface area (Å²) in [4.78, 5) is 15.9. The number of benzene rings is 1. The first kappa shape index (κ1) is 16.1. The lowest BCUT2D eigenvalue weighted by molar-refractivity contribution is -0.116. The smallest absolute Gasteiger partial charge is 0.249 e. The molecule has 8 heteroatoms. The van der Waals surface area contributed by atoms with E-state index in [1.807, 2.05) is 0 Å². The second-order valence-corrected chi connectivity index (χ2v) is 5.33. The third kappa shape index (κ3) is 3.94. The summed E-state index contributed by atoms with van der Waals surface area (Å²) < 4.78 is 18.6. The lowest BCUT2D eigenvalue weighted by atomic mass is 10.2. The van der Waals surface area contributed by atoms with Crippen molar-refractivity contribution in [3.63, 3.8) is 0 Å². The standard InChI is InChI=1S/C16H12ClFN4O2/c17-12-8-11(3-4-13(12)18)20-14(23)5-6-15-21-22-16(24-15)10-2-1-7-19-9-10/h1-4,7-9H,5-6H2,(H,20,23). The zero-order valence-corrected chi connectivity index (χ0v) is 13.1. The summed E-state index contributed by atoms with van der Waals surface area (Å²) >= 11 is 5.67. The Bertz CT molecular complexity index is 854. The first-order valence-corrected chi connectivity index (χ1v) is 7.47. The number of hydrogen-bond acceptors (Lipinski definition) is 5. The summed E-state index contributed by atoms with van der Waals surface area (Å²) in [6, 6.07) is 7.54. The Kier molecular flexibility index (Phi) is 4.81. The second kappa shape index (κ2) is 7.18. The Morgan fingerprint density at radius 3 is 2.92 bits per heavy atom. The maximum absolute atomic E-state index is 13.1. The SMILES string of the molecule is O=C(CCc1nnc(-c2cccnc2)o1)Nc1ccc(F)c(Cl)c1. The fraction of sp³-hybridized carbons (Fsp3) is 0.125. The molecule has 2 aromatic heterocycles. The molecule has 0 aliphatic carbocycles. The normalized spacial score (nSPS) is 10.6. The van der Waals surface area contributed by atoms with Gasteiger partial charge in [0.15, 0.2) is 0 Å². The van der Waals surface area contributed by atoms with Gasteiger partial charge in [-0.25, -0.2) is 4.39 Å². The molecular formula is C16H12ClFN4O2. The van der Waals surface area contributed by atoms with Crippen molar-refractivity contribution in [2.24, 2.45) is 0 Å².